The predicted molar refractivity (Wildman–Crippen MR) is 137 cm³/mol. The van der Waals surface area contributed by atoms with Crippen molar-refractivity contribution in [1.29, 1.82) is 0 Å². The molecule has 1 aromatic carbocycles. The molecule has 0 radical (unpaired) electrons. The number of nitrogens with one attached hydrogen (secondary N) is 4. The molecule has 1 saturated heterocycles. The number of carbonyl (C=O) groups excluding carboxylic acids is 1. The van der Waals surface area contributed by atoms with Crippen LogP contribution in [0.5, 0.6) is 0 Å². The van der Waals surface area contributed by atoms with Gasteiger partial charge in [-0.15, -0.1) is 0 Å². The van der Waals surface area contributed by atoms with Crippen molar-refractivity contribution in [3.05, 3.63) is 67.3 Å². The van der Waals surface area contributed by atoms with Crippen molar-refractivity contribution in [1.82, 2.24) is 30.1 Å². The van der Waals surface area contributed by atoms with E-state index in [4.69, 9.17) is 4.74 Å². The van der Waals surface area contributed by atoms with Gasteiger partial charge in [0.15, 0.2) is 0 Å². The molecule has 1 aliphatic rings. The van der Waals surface area contributed by atoms with Crippen molar-refractivity contribution < 1.29 is 9.53 Å². The largest absolute Gasteiger partial charge is 0.378 e. The van der Waals surface area contributed by atoms with E-state index in [1.807, 2.05) is 36.4 Å². The van der Waals surface area contributed by atoms with E-state index in [0.29, 0.717) is 24.7 Å². The molecule has 5 aromatic rings. The van der Waals surface area contributed by atoms with Crippen LogP contribution in [0.2, 0.25) is 0 Å². The molecule has 1 fully saturated rings. The Bertz CT molecular complexity index is 1490. The Morgan fingerprint density at radius 1 is 0.944 bits per heavy atom. The summed E-state index contributed by atoms with van der Waals surface area (Å²) in [5, 5.41) is 13.6. The highest BCUT2D eigenvalue weighted by Gasteiger charge is 2.17. The number of aromatic amines is 2. The summed E-state index contributed by atoms with van der Waals surface area (Å²) in [6.45, 7) is 2.99. The first-order valence-electron chi connectivity index (χ1n) is 11.5. The minimum atomic E-state index is -0.372. The topological polar surface area (TPSA) is 137 Å². The highest BCUT2D eigenvalue weighted by molar-refractivity contribution is 5.99. The molecule has 0 atom stereocenters. The lowest BCUT2D eigenvalue weighted by atomic mass is 10.1. The zero-order valence-corrected chi connectivity index (χ0v) is 19.2. The lowest BCUT2D eigenvalue weighted by molar-refractivity contribution is 0.122. The van der Waals surface area contributed by atoms with Gasteiger partial charge in [0.2, 0.25) is 0 Å². The van der Waals surface area contributed by atoms with Crippen molar-refractivity contribution in [3.8, 4) is 22.5 Å². The lowest BCUT2D eigenvalue weighted by Crippen LogP contribution is -2.36. The fraction of sp³-hybridized carbons (Fsp3) is 0.160. The molecule has 2 amide bonds. The third-order valence-corrected chi connectivity index (χ3v) is 5.97. The third-order valence-electron chi connectivity index (χ3n) is 5.97. The number of aromatic nitrogens is 6. The maximum atomic E-state index is 12.5. The molecule has 0 saturated carbocycles. The number of urea groups is 1. The van der Waals surface area contributed by atoms with Crippen LogP contribution >= 0.6 is 0 Å². The number of amides is 2. The number of fused-ring (bicyclic) bond motifs is 1. The number of morpholine rings is 1. The van der Waals surface area contributed by atoms with Crippen LogP contribution in [-0.4, -0.2) is 62.5 Å². The molecule has 11 nitrogen and oxygen atoms in total. The van der Waals surface area contributed by atoms with Crippen molar-refractivity contribution in [2.24, 2.45) is 0 Å². The van der Waals surface area contributed by atoms with Crippen molar-refractivity contribution in [3.63, 3.8) is 0 Å². The maximum Gasteiger partial charge on any atom is 0.324 e. The van der Waals surface area contributed by atoms with Gasteiger partial charge in [-0.25, -0.2) is 14.8 Å². The summed E-state index contributed by atoms with van der Waals surface area (Å²) in [7, 11) is 0. The Hall–Kier alpha value is -4.77. The zero-order chi connectivity index (χ0) is 24.3. The Balaban J connectivity index is 1.14. The summed E-state index contributed by atoms with van der Waals surface area (Å²) in [4.78, 5) is 31.0. The first-order chi connectivity index (χ1) is 17.7. The second-order valence-electron chi connectivity index (χ2n) is 8.30. The number of ether oxygens (including phenoxy) is 1. The molecule has 4 N–H and O–H groups in total. The summed E-state index contributed by atoms with van der Waals surface area (Å²) in [6.07, 6.45) is 4.97. The minimum Gasteiger partial charge on any atom is -0.378 e. The molecule has 0 bridgehead atoms. The van der Waals surface area contributed by atoms with Gasteiger partial charge in [-0.05, 0) is 35.9 Å². The van der Waals surface area contributed by atoms with Gasteiger partial charge in [0.25, 0.3) is 0 Å². The van der Waals surface area contributed by atoms with Gasteiger partial charge >= 0.3 is 6.03 Å². The molecular formula is C25H23N9O2. The number of pyridine rings is 1. The molecule has 1 aliphatic heterocycles. The van der Waals surface area contributed by atoms with E-state index >= 15 is 0 Å². The molecule has 36 heavy (non-hydrogen) atoms. The third kappa shape index (κ3) is 4.46. The quantitative estimate of drug-likeness (QED) is 0.299. The number of H-pyrrole nitrogens is 2. The number of anilines is 3. The van der Waals surface area contributed by atoms with Crippen LogP contribution < -0.4 is 15.5 Å². The maximum absolute atomic E-state index is 12.5. The normalized spacial score (nSPS) is 13.6. The van der Waals surface area contributed by atoms with Gasteiger partial charge in [-0.2, -0.15) is 5.10 Å². The summed E-state index contributed by atoms with van der Waals surface area (Å²) in [5.74, 6) is 1.40. The van der Waals surface area contributed by atoms with Crippen LogP contribution in [0.1, 0.15) is 0 Å². The number of hydrogen-bond acceptors (Lipinski definition) is 7. The van der Waals surface area contributed by atoms with Crippen LogP contribution in [0.25, 0.3) is 33.5 Å². The van der Waals surface area contributed by atoms with Crippen molar-refractivity contribution in [2.75, 3.05) is 41.8 Å². The lowest BCUT2D eigenvalue weighted by Gasteiger charge is -2.27. The van der Waals surface area contributed by atoms with Gasteiger partial charge in [-0.3, -0.25) is 15.4 Å². The average Bonchev–Trinajstić information content (AvgIpc) is 3.57. The van der Waals surface area contributed by atoms with Gasteiger partial charge in [0, 0.05) is 48.5 Å². The number of nitrogens with zero attached hydrogens (tertiary/aromatic N) is 5. The SMILES string of the molecule is O=C(Nc1ccc(-c2cc3c(N4CCOCC4)ncnc3[nH]2)cc1)Nc1cc(-c2ccncc2)n[nH]1. The van der Waals surface area contributed by atoms with E-state index in [-0.39, 0.29) is 6.03 Å². The van der Waals surface area contributed by atoms with E-state index in [1.54, 1.807) is 24.8 Å². The molecule has 4 aromatic heterocycles. The van der Waals surface area contributed by atoms with E-state index in [0.717, 1.165) is 52.5 Å². The van der Waals surface area contributed by atoms with Crippen molar-refractivity contribution >= 4 is 34.4 Å². The standard InChI is InChI=1S/C25H23N9O2/c35-25(31-22-14-21(32-33-22)17-5-7-26-8-6-17)29-18-3-1-16(2-4-18)20-13-19-23(30-20)27-15-28-24(19)34-9-11-36-12-10-34/h1-8,13-15H,9-12H2,(H,27,28,30)(H3,29,31,32,33,35). The minimum absolute atomic E-state index is 0.372. The van der Waals surface area contributed by atoms with Crippen LogP contribution in [0.4, 0.5) is 22.1 Å². The van der Waals surface area contributed by atoms with Gasteiger partial charge in [0.1, 0.15) is 23.6 Å². The summed E-state index contributed by atoms with van der Waals surface area (Å²) in [5.41, 5.74) is 4.98. The van der Waals surface area contributed by atoms with E-state index in [9.17, 15) is 4.79 Å². The van der Waals surface area contributed by atoms with Gasteiger partial charge in [0.05, 0.1) is 24.3 Å². The van der Waals surface area contributed by atoms with Crippen LogP contribution in [-0.2, 0) is 4.74 Å². The fourth-order valence-electron chi connectivity index (χ4n) is 4.18. The molecule has 180 valence electrons. The van der Waals surface area contributed by atoms with Crippen LogP contribution in [0.15, 0.2) is 67.3 Å². The number of hydrogen-bond donors (Lipinski definition) is 4. The van der Waals surface area contributed by atoms with Crippen LogP contribution in [0, 0.1) is 0 Å². The fourth-order valence-corrected chi connectivity index (χ4v) is 4.18. The smallest absolute Gasteiger partial charge is 0.324 e. The highest BCUT2D eigenvalue weighted by Crippen LogP contribution is 2.29. The van der Waals surface area contributed by atoms with E-state index in [1.165, 1.54) is 0 Å². The van der Waals surface area contributed by atoms with Gasteiger partial charge in [-0.1, -0.05) is 12.1 Å². The molecule has 0 unspecified atom stereocenters. The number of carbonyl (C=O) groups is 1. The predicted octanol–water partition coefficient (Wildman–Crippen LogP) is 3.89. The molecule has 0 aliphatic carbocycles. The Labute approximate surface area is 206 Å². The second-order valence-corrected chi connectivity index (χ2v) is 8.30. The molecule has 5 heterocycles. The Morgan fingerprint density at radius 3 is 2.56 bits per heavy atom. The Kier molecular flexibility index (Phi) is 5.72. The molecule has 6 rings (SSSR count). The highest BCUT2D eigenvalue weighted by atomic mass is 16.5. The summed E-state index contributed by atoms with van der Waals surface area (Å²) >= 11 is 0. The molecule has 0 spiro atoms. The zero-order valence-electron chi connectivity index (χ0n) is 19.2. The van der Waals surface area contributed by atoms with Crippen LogP contribution in [0.3, 0.4) is 0 Å². The molecule has 11 heteroatoms. The number of benzene rings is 1. The van der Waals surface area contributed by atoms with Crippen molar-refractivity contribution in [2.45, 2.75) is 0 Å². The average molecular weight is 482 g/mol. The monoisotopic (exact) mass is 481 g/mol. The summed E-state index contributed by atoms with van der Waals surface area (Å²) in [6, 6.07) is 14.8. The second kappa shape index (κ2) is 9.47. The Morgan fingerprint density at radius 2 is 1.75 bits per heavy atom. The first kappa shape index (κ1) is 21.7. The molecular weight excluding hydrogens is 458 g/mol. The first-order valence-corrected chi connectivity index (χ1v) is 11.5. The van der Waals surface area contributed by atoms with E-state index < -0.39 is 0 Å². The van der Waals surface area contributed by atoms with Gasteiger partial charge < -0.3 is 19.9 Å². The number of rotatable bonds is 5. The summed E-state index contributed by atoms with van der Waals surface area (Å²) < 4.78 is 5.46. The van der Waals surface area contributed by atoms with E-state index in [2.05, 4.69) is 51.7 Å².